The molecule has 24 atom stereocenters. The summed E-state index contributed by atoms with van der Waals surface area (Å²) in [7, 11) is 0. The van der Waals surface area contributed by atoms with Crippen molar-refractivity contribution < 1.29 is 33.9 Å². The Morgan fingerprint density at radius 2 is 0.409 bits per heavy atom. The highest BCUT2D eigenvalue weighted by molar-refractivity contribution is 5.05. The Kier molecular flexibility index (Phi) is 62.4. The number of hydrogen-bond donors (Lipinski definition) is 2. The van der Waals surface area contributed by atoms with E-state index in [0.717, 1.165) is 193 Å². The fourth-order valence-corrected chi connectivity index (χ4v) is 23.8. The van der Waals surface area contributed by atoms with Crippen LogP contribution in [-0.2, 0) is 23.7 Å². The Bertz CT molecular complexity index is 2600. The van der Waals surface area contributed by atoms with Gasteiger partial charge in [-0.3, -0.25) is 0 Å². The predicted molar refractivity (Wildman–Crippen MR) is 559 cm³/mol. The Hall–Kier alpha value is -0.280. The lowest BCUT2D eigenvalue weighted by molar-refractivity contribution is -0.288. The summed E-state index contributed by atoms with van der Waals surface area (Å²) in [5.74, 6) is 13.4. The van der Waals surface area contributed by atoms with Gasteiger partial charge in [-0.15, -0.1) is 0 Å². The van der Waals surface area contributed by atoms with Crippen LogP contribution in [0.4, 0.5) is 0 Å². The summed E-state index contributed by atoms with van der Waals surface area (Å²) in [6.07, 6.45) is 70.9. The fraction of sp³-hybridized carbons (Fsp3) is 1.00. The molecule has 0 aromatic rings. The third kappa shape index (κ3) is 53.5. The lowest BCUT2D eigenvalue weighted by Crippen LogP contribution is -2.60. The van der Waals surface area contributed by atoms with Crippen LogP contribution in [0.2, 0.25) is 0 Å². The second-order valence-electron chi connectivity index (χ2n) is 51.4. The van der Waals surface area contributed by atoms with Crippen molar-refractivity contribution in [2.45, 2.75) is 663 Å². The molecule has 0 spiro atoms. The van der Waals surface area contributed by atoms with Gasteiger partial charge in [0.25, 0.3) is 0 Å². The van der Waals surface area contributed by atoms with Crippen LogP contribution in [0.15, 0.2) is 0 Å². The van der Waals surface area contributed by atoms with E-state index in [4.69, 9.17) is 23.7 Å². The van der Waals surface area contributed by atoms with Crippen LogP contribution in [0.5, 0.6) is 0 Å². The van der Waals surface area contributed by atoms with Gasteiger partial charge >= 0.3 is 0 Å². The van der Waals surface area contributed by atoms with Crippen LogP contribution in [-0.4, -0.2) is 80.4 Å². The van der Waals surface area contributed by atoms with Gasteiger partial charge in [-0.1, -0.05) is 474 Å². The maximum Gasteiger partial charge on any atom is 0.0924 e. The fourth-order valence-electron chi connectivity index (χ4n) is 23.8. The molecule has 7 heteroatoms. The molecule has 0 bridgehead atoms. The van der Waals surface area contributed by atoms with Crippen LogP contribution in [0.25, 0.3) is 0 Å². The summed E-state index contributed by atoms with van der Waals surface area (Å²) in [4.78, 5) is 0. The molecule has 0 aliphatic carbocycles. The second kappa shape index (κ2) is 65.6. The predicted octanol–water partition coefficient (Wildman–Crippen LogP) is 37.8. The first-order chi connectivity index (χ1) is 59.8. The van der Waals surface area contributed by atoms with Gasteiger partial charge in [0.1, 0.15) is 0 Å². The van der Waals surface area contributed by atoms with Gasteiger partial charge < -0.3 is 33.9 Å². The molecule has 0 saturated carbocycles. The number of hydrogen-bond acceptors (Lipinski definition) is 7. The molecule has 3 fully saturated rings. The first-order valence-corrected chi connectivity index (χ1v) is 57.6. The first kappa shape index (κ1) is 121. The molecule has 3 aliphatic heterocycles. The monoisotopic (exact) mass is 1790 g/mol. The zero-order chi connectivity index (χ0) is 94.8. The molecular formula is C120H236O7. The maximum absolute atomic E-state index is 12.8. The number of ether oxygens (including phenoxy) is 5. The highest BCUT2D eigenvalue weighted by atomic mass is 16.6. The normalized spacial score (nSPS) is 24.5. The van der Waals surface area contributed by atoms with E-state index in [1.165, 1.54) is 263 Å². The minimum atomic E-state index is -0.913. The highest BCUT2D eigenvalue weighted by Gasteiger charge is 2.56. The standard InChI is InChI=1S/C120H236O7/c1-91(2)49-31-55-97(13)61-37-67-103(19)73-43-85-115(25,122)110-81-82-111(123-110)117(27,87-45-75-105(21)69-39-63-99(15)57-33-51-93(5)6)126-118(28,88-46-76-106(22)70-40-64-100(16)58-34-52-94(7)8)112-83-84-113(124-112)119(29,89-47-77-107(23)71-41-65-101(17)59-35-53-95(9)10)127-120(30,90-48-78-108(24)72-42-66-102(18)60-36-54-96(11)12)114-80-79-109(121)116(26,125-114)86-44-74-104(20)68-38-62-98(14)56-32-50-92(3)4/h91-114,121-122H,31-90H2,1-30H3. The summed E-state index contributed by atoms with van der Waals surface area (Å²) in [5.41, 5.74) is -3.97. The van der Waals surface area contributed by atoms with Crippen molar-refractivity contribution >= 4 is 0 Å². The molecule has 3 rings (SSSR count). The summed E-state index contributed by atoms with van der Waals surface area (Å²) >= 11 is 0. The molecule has 3 heterocycles. The van der Waals surface area contributed by atoms with E-state index in [1.54, 1.807) is 0 Å². The van der Waals surface area contributed by atoms with Gasteiger partial charge in [0.2, 0.25) is 0 Å². The second-order valence-corrected chi connectivity index (χ2v) is 51.4. The van der Waals surface area contributed by atoms with Gasteiger partial charge in [-0.2, -0.15) is 0 Å². The largest absolute Gasteiger partial charge is 0.390 e. The SMILES string of the molecule is CC(C)CCCC(C)CCCC(C)CCCC(C)(O)C1CCC(C(C)(CCCC(C)CCCC(C)CCCC(C)C)OC(C)(CCCC(C)CCCC(C)CCCC(C)C)C2CCC(C(C)(CCCC(C)CCCC(C)CCCC(C)C)OC(C)(CCCC(C)CCCC(C)CCCC(C)C)C3CCC(O)C(C)(CCCC(C)CCCC(C)CCCC(C)C)O3)O2)O1. The number of rotatable bonds is 81. The van der Waals surface area contributed by atoms with Crippen molar-refractivity contribution in [2.24, 2.45) is 107 Å². The topological polar surface area (TPSA) is 86.6 Å². The van der Waals surface area contributed by atoms with E-state index >= 15 is 0 Å². The lowest BCUT2D eigenvalue weighted by Gasteiger charge is -2.52. The third-order valence-electron chi connectivity index (χ3n) is 33.7. The lowest BCUT2D eigenvalue weighted by atomic mass is 9.78. The molecule has 0 aromatic carbocycles. The Morgan fingerprint density at radius 1 is 0.236 bits per heavy atom. The van der Waals surface area contributed by atoms with E-state index < -0.39 is 39.7 Å². The Labute approximate surface area is 798 Å². The molecular weight excluding hydrogens is 1550 g/mol. The minimum Gasteiger partial charge on any atom is -0.390 e. The van der Waals surface area contributed by atoms with E-state index in [1.807, 2.05) is 0 Å². The minimum absolute atomic E-state index is 0.130. The summed E-state index contributed by atoms with van der Waals surface area (Å²) in [6.45, 7) is 73.0. The molecule has 0 radical (unpaired) electrons. The molecule has 758 valence electrons. The average Bonchev–Trinajstić information content (AvgIpc) is 1.75. The molecule has 127 heavy (non-hydrogen) atoms. The molecule has 2 N–H and O–H groups in total. The highest BCUT2D eigenvalue weighted by Crippen LogP contribution is 2.51. The Balaban J connectivity index is 2.21. The van der Waals surface area contributed by atoms with Crippen molar-refractivity contribution in [1.29, 1.82) is 0 Å². The number of aliphatic hydroxyl groups is 2. The van der Waals surface area contributed by atoms with E-state index in [-0.39, 0.29) is 30.5 Å². The zero-order valence-electron chi connectivity index (χ0n) is 92.2. The van der Waals surface area contributed by atoms with Crippen LogP contribution in [0.1, 0.15) is 593 Å². The molecule has 24 unspecified atom stereocenters. The van der Waals surface area contributed by atoms with Crippen molar-refractivity contribution in [3.63, 3.8) is 0 Å². The van der Waals surface area contributed by atoms with Crippen molar-refractivity contribution in [2.75, 3.05) is 0 Å². The van der Waals surface area contributed by atoms with Crippen molar-refractivity contribution in [3.8, 4) is 0 Å². The van der Waals surface area contributed by atoms with Crippen LogP contribution < -0.4 is 0 Å². The molecule has 7 nitrogen and oxygen atoms in total. The number of aliphatic hydroxyl groups excluding tert-OH is 1. The maximum atomic E-state index is 12.8. The van der Waals surface area contributed by atoms with Gasteiger partial charge in [-0.25, -0.2) is 0 Å². The van der Waals surface area contributed by atoms with Crippen LogP contribution >= 0.6 is 0 Å². The van der Waals surface area contributed by atoms with Crippen molar-refractivity contribution in [3.05, 3.63) is 0 Å². The third-order valence-corrected chi connectivity index (χ3v) is 33.7. The quantitative estimate of drug-likeness (QED) is 0.0627. The Morgan fingerprint density at radius 3 is 0.638 bits per heavy atom. The summed E-state index contributed by atoms with van der Waals surface area (Å²) in [6, 6.07) is 0. The van der Waals surface area contributed by atoms with Crippen LogP contribution in [0, 0.1) is 107 Å². The summed E-state index contributed by atoms with van der Waals surface area (Å²) < 4.78 is 40.5. The van der Waals surface area contributed by atoms with E-state index in [2.05, 4.69) is 208 Å². The average molecular weight is 1790 g/mol. The van der Waals surface area contributed by atoms with Gasteiger partial charge in [0, 0.05) is 0 Å². The molecule has 3 saturated heterocycles. The van der Waals surface area contributed by atoms with Gasteiger partial charge in [0.15, 0.2) is 0 Å². The van der Waals surface area contributed by atoms with E-state index in [0.29, 0.717) is 35.5 Å². The van der Waals surface area contributed by atoms with Crippen molar-refractivity contribution in [1.82, 2.24) is 0 Å². The van der Waals surface area contributed by atoms with Gasteiger partial charge in [0.05, 0.1) is 70.2 Å². The van der Waals surface area contributed by atoms with E-state index in [9.17, 15) is 10.2 Å². The van der Waals surface area contributed by atoms with Gasteiger partial charge in [-0.05, 0) is 225 Å². The summed E-state index contributed by atoms with van der Waals surface area (Å²) in [5, 5.41) is 25.2. The molecule has 0 amide bonds. The van der Waals surface area contributed by atoms with Crippen LogP contribution in [0.3, 0.4) is 0 Å². The smallest absolute Gasteiger partial charge is 0.0924 e. The zero-order valence-corrected chi connectivity index (χ0v) is 92.2. The first-order valence-electron chi connectivity index (χ1n) is 57.6. The molecule has 3 aliphatic rings. The molecule has 0 aromatic heterocycles.